The van der Waals surface area contributed by atoms with Gasteiger partial charge >= 0.3 is 0 Å². The Balaban J connectivity index is 1.79. The minimum Gasteiger partial charge on any atom is -0.312 e. The van der Waals surface area contributed by atoms with Gasteiger partial charge in [0.2, 0.25) is 0 Å². The quantitative estimate of drug-likeness (QED) is 0.615. The predicted molar refractivity (Wildman–Crippen MR) is 65.0 cm³/mol. The molecule has 0 saturated heterocycles. The Labute approximate surface area is 93.7 Å². The van der Waals surface area contributed by atoms with Crippen molar-refractivity contribution in [2.24, 2.45) is 0 Å². The Morgan fingerprint density at radius 1 is 1.40 bits per heavy atom. The summed E-state index contributed by atoms with van der Waals surface area (Å²) in [6, 6.07) is 2.41. The lowest BCUT2D eigenvalue weighted by Crippen LogP contribution is -2.43. The first-order valence-corrected chi connectivity index (χ1v) is 6.45. The first-order chi connectivity index (χ1) is 7.35. The smallest absolute Gasteiger partial charge is 0.0224 e. The number of nitrogens with zero attached hydrogens (tertiary/aromatic N) is 1. The summed E-state index contributed by atoms with van der Waals surface area (Å²) in [5, 5.41) is 3.65. The fourth-order valence-electron chi connectivity index (χ4n) is 2.24. The maximum atomic E-state index is 3.87. The molecule has 0 aliphatic heterocycles. The number of nitrogens with one attached hydrogen (secondary N) is 1. The van der Waals surface area contributed by atoms with Gasteiger partial charge in [-0.15, -0.1) is 6.58 Å². The molecule has 2 rings (SSSR count). The van der Waals surface area contributed by atoms with Gasteiger partial charge in [-0.05, 0) is 32.1 Å². The second-order valence-electron chi connectivity index (χ2n) is 4.96. The molecule has 2 saturated carbocycles. The summed E-state index contributed by atoms with van der Waals surface area (Å²) >= 11 is 0. The molecule has 2 heteroatoms. The van der Waals surface area contributed by atoms with E-state index in [1.807, 2.05) is 0 Å². The zero-order valence-electron chi connectivity index (χ0n) is 9.91. The van der Waals surface area contributed by atoms with Crippen molar-refractivity contribution in [2.45, 2.75) is 57.2 Å². The van der Waals surface area contributed by atoms with Crippen LogP contribution in [0, 0.1) is 0 Å². The molecule has 1 unspecified atom stereocenters. The topological polar surface area (TPSA) is 15.3 Å². The molecule has 0 amide bonds. The Morgan fingerprint density at radius 2 is 2.13 bits per heavy atom. The van der Waals surface area contributed by atoms with Crippen molar-refractivity contribution in [3.63, 3.8) is 0 Å². The van der Waals surface area contributed by atoms with E-state index in [2.05, 4.69) is 29.8 Å². The lowest BCUT2D eigenvalue weighted by molar-refractivity contribution is 0.196. The van der Waals surface area contributed by atoms with Gasteiger partial charge in [0.15, 0.2) is 0 Å². The largest absolute Gasteiger partial charge is 0.312 e. The average Bonchev–Trinajstić information content (AvgIpc) is 3.10. The SMILES string of the molecule is C=CCN(C1CC1)C(CC)CNC1CC1. The molecule has 0 bridgehead atoms. The van der Waals surface area contributed by atoms with E-state index in [1.165, 1.54) is 38.6 Å². The second kappa shape index (κ2) is 5.13. The van der Waals surface area contributed by atoms with Crippen molar-refractivity contribution in [1.29, 1.82) is 0 Å². The molecular weight excluding hydrogens is 184 g/mol. The number of hydrogen-bond acceptors (Lipinski definition) is 2. The third kappa shape index (κ3) is 3.32. The summed E-state index contributed by atoms with van der Waals surface area (Å²) in [4.78, 5) is 2.64. The minimum atomic E-state index is 0.719. The van der Waals surface area contributed by atoms with Crippen LogP contribution in [0.4, 0.5) is 0 Å². The van der Waals surface area contributed by atoms with Gasteiger partial charge in [0, 0.05) is 31.2 Å². The van der Waals surface area contributed by atoms with Crippen molar-refractivity contribution in [1.82, 2.24) is 10.2 Å². The monoisotopic (exact) mass is 208 g/mol. The molecule has 0 aromatic heterocycles. The van der Waals surface area contributed by atoms with Crippen LogP contribution >= 0.6 is 0 Å². The molecule has 0 aromatic carbocycles. The summed E-state index contributed by atoms with van der Waals surface area (Å²) < 4.78 is 0. The van der Waals surface area contributed by atoms with Gasteiger partial charge in [-0.2, -0.15) is 0 Å². The standard InChI is InChI=1S/C13H24N2/c1-3-9-15(13-7-8-13)12(4-2)10-14-11-5-6-11/h3,11-14H,1,4-10H2,2H3. The van der Waals surface area contributed by atoms with Crippen LogP contribution in [0.5, 0.6) is 0 Å². The van der Waals surface area contributed by atoms with Crippen molar-refractivity contribution < 1.29 is 0 Å². The highest BCUT2D eigenvalue weighted by atomic mass is 15.2. The van der Waals surface area contributed by atoms with Gasteiger partial charge in [-0.3, -0.25) is 4.90 Å². The molecule has 15 heavy (non-hydrogen) atoms. The summed E-state index contributed by atoms with van der Waals surface area (Å²) in [6.45, 7) is 8.41. The van der Waals surface area contributed by atoms with Gasteiger partial charge in [-0.1, -0.05) is 13.0 Å². The second-order valence-corrected chi connectivity index (χ2v) is 4.96. The summed E-state index contributed by atoms with van der Waals surface area (Å²) in [7, 11) is 0. The Hall–Kier alpha value is -0.340. The van der Waals surface area contributed by atoms with Gasteiger partial charge in [0.25, 0.3) is 0 Å². The van der Waals surface area contributed by atoms with E-state index in [0.29, 0.717) is 0 Å². The van der Waals surface area contributed by atoms with E-state index in [-0.39, 0.29) is 0 Å². The van der Waals surface area contributed by atoms with Crippen LogP contribution in [0.1, 0.15) is 39.0 Å². The van der Waals surface area contributed by atoms with Gasteiger partial charge < -0.3 is 5.32 Å². The van der Waals surface area contributed by atoms with Crippen LogP contribution in [0.2, 0.25) is 0 Å². The summed E-state index contributed by atoms with van der Waals surface area (Å²) in [6.07, 6.45) is 8.88. The zero-order chi connectivity index (χ0) is 10.7. The molecule has 1 N–H and O–H groups in total. The summed E-state index contributed by atoms with van der Waals surface area (Å²) in [5.74, 6) is 0. The maximum Gasteiger partial charge on any atom is 0.0224 e. The Morgan fingerprint density at radius 3 is 2.60 bits per heavy atom. The van der Waals surface area contributed by atoms with Crippen LogP contribution in [0.25, 0.3) is 0 Å². The highest BCUT2D eigenvalue weighted by molar-refractivity contribution is 4.93. The van der Waals surface area contributed by atoms with Crippen LogP contribution in [-0.4, -0.2) is 36.1 Å². The van der Waals surface area contributed by atoms with Crippen LogP contribution < -0.4 is 5.32 Å². The first kappa shape index (κ1) is 11.2. The molecule has 0 aromatic rings. The van der Waals surface area contributed by atoms with Crippen LogP contribution in [0.3, 0.4) is 0 Å². The molecule has 0 heterocycles. The molecule has 0 spiro atoms. The highest BCUT2D eigenvalue weighted by Crippen LogP contribution is 2.29. The highest BCUT2D eigenvalue weighted by Gasteiger charge is 2.33. The molecule has 2 nitrogen and oxygen atoms in total. The molecule has 2 aliphatic carbocycles. The molecule has 1 atom stereocenters. The fourth-order valence-corrected chi connectivity index (χ4v) is 2.24. The predicted octanol–water partition coefficient (Wildman–Crippen LogP) is 2.17. The third-order valence-corrected chi connectivity index (χ3v) is 3.52. The van der Waals surface area contributed by atoms with Crippen LogP contribution in [-0.2, 0) is 0 Å². The lowest BCUT2D eigenvalue weighted by atomic mass is 10.1. The Bertz CT molecular complexity index is 207. The fraction of sp³-hybridized carbons (Fsp3) is 0.846. The van der Waals surface area contributed by atoms with Gasteiger partial charge in [0.05, 0.1) is 0 Å². The average molecular weight is 208 g/mol. The van der Waals surface area contributed by atoms with E-state index in [0.717, 1.165) is 24.7 Å². The van der Waals surface area contributed by atoms with Gasteiger partial charge in [-0.25, -0.2) is 0 Å². The van der Waals surface area contributed by atoms with E-state index in [9.17, 15) is 0 Å². The van der Waals surface area contributed by atoms with E-state index >= 15 is 0 Å². The van der Waals surface area contributed by atoms with Crippen molar-refractivity contribution in [3.8, 4) is 0 Å². The molecule has 2 aliphatic rings. The lowest BCUT2D eigenvalue weighted by Gasteiger charge is -2.30. The van der Waals surface area contributed by atoms with Crippen molar-refractivity contribution >= 4 is 0 Å². The molecule has 86 valence electrons. The van der Waals surface area contributed by atoms with Crippen molar-refractivity contribution in [2.75, 3.05) is 13.1 Å². The summed E-state index contributed by atoms with van der Waals surface area (Å²) in [5.41, 5.74) is 0. The first-order valence-electron chi connectivity index (χ1n) is 6.45. The van der Waals surface area contributed by atoms with E-state index in [1.54, 1.807) is 0 Å². The number of hydrogen-bond donors (Lipinski definition) is 1. The minimum absolute atomic E-state index is 0.719. The molecule has 0 radical (unpaired) electrons. The third-order valence-electron chi connectivity index (χ3n) is 3.52. The zero-order valence-corrected chi connectivity index (χ0v) is 9.91. The molecular formula is C13H24N2. The van der Waals surface area contributed by atoms with Gasteiger partial charge in [0.1, 0.15) is 0 Å². The Kier molecular flexibility index (Phi) is 3.81. The van der Waals surface area contributed by atoms with E-state index in [4.69, 9.17) is 0 Å². The van der Waals surface area contributed by atoms with E-state index < -0.39 is 0 Å². The normalized spacial score (nSPS) is 23.1. The number of rotatable bonds is 8. The maximum absolute atomic E-state index is 3.87. The van der Waals surface area contributed by atoms with Crippen molar-refractivity contribution in [3.05, 3.63) is 12.7 Å². The van der Waals surface area contributed by atoms with Crippen LogP contribution in [0.15, 0.2) is 12.7 Å². The molecule has 2 fully saturated rings.